The maximum atomic E-state index is 13.0. The summed E-state index contributed by atoms with van der Waals surface area (Å²) in [6.07, 6.45) is 3.54. The van der Waals surface area contributed by atoms with Crippen LogP contribution in [0, 0.1) is 0 Å². The van der Waals surface area contributed by atoms with Gasteiger partial charge in [0.15, 0.2) is 0 Å². The average Bonchev–Trinajstić information content (AvgIpc) is 3.35. The molecule has 3 amide bonds. The lowest BCUT2D eigenvalue weighted by Crippen LogP contribution is -2.58. The Hall–Kier alpha value is -2.83. The molecule has 4 unspecified atom stereocenters. The molecule has 1 aromatic carbocycles. The highest BCUT2D eigenvalue weighted by atomic mass is 32.2. The van der Waals surface area contributed by atoms with E-state index in [1.165, 1.54) is 23.9 Å². The highest BCUT2D eigenvalue weighted by Crippen LogP contribution is 2.12. The van der Waals surface area contributed by atoms with Crippen molar-refractivity contribution in [2.45, 2.75) is 49.9 Å². The number of carboxylic acid groups (broad SMARTS) is 1. The smallest absolute Gasteiger partial charge is 0.326 e. The number of rotatable bonds is 13. The molecule has 0 spiro atoms. The van der Waals surface area contributed by atoms with Gasteiger partial charge >= 0.3 is 5.97 Å². The van der Waals surface area contributed by atoms with E-state index in [0.717, 1.165) is 6.42 Å². The minimum absolute atomic E-state index is 0.0513. The first kappa shape index (κ1) is 27.4. The van der Waals surface area contributed by atoms with E-state index in [1.54, 1.807) is 18.4 Å². The summed E-state index contributed by atoms with van der Waals surface area (Å²) in [7, 11) is 0. The molecule has 0 bridgehead atoms. The van der Waals surface area contributed by atoms with Crippen LogP contribution in [-0.2, 0) is 25.6 Å². The normalized spacial score (nSPS) is 17.9. The van der Waals surface area contributed by atoms with Crippen LogP contribution in [0.3, 0.4) is 0 Å². The molecule has 1 heterocycles. The largest absolute Gasteiger partial charge is 0.508 e. The van der Waals surface area contributed by atoms with Gasteiger partial charge in [-0.2, -0.15) is 11.8 Å². The Morgan fingerprint density at radius 3 is 2.26 bits per heavy atom. The maximum absolute atomic E-state index is 13.0. The Kier molecular flexibility index (Phi) is 11.1. The number of aliphatic hydroxyl groups excluding tert-OH is 1. The summed E-state index contributed by atoms with van der Waals surface area (Å²) in [5.74, 6) is -2.56. The van der Waals surface area contributed by atoms with Crippen LogP contribution < -0.4 is 21.3 Å². The van der Waals surface area contributed by atoms with Gasteiger partial charge in [0.25, 0.3) is 0 Å². The molecule has 1 saturated heterocycles. The molecule has 1 aliphatic rings. The molecule has 34 heavy (non-hydrogen) atoms. The van der Waals surface area contributed by atoms with Crippen LogP contribution in [0.5, 0.6) is 5.75 Å². The van der Waals surface area contributed by atoms with E-state index < -0.39 is 48.6 Å². The van der Waals surface area contributed by atoms with Crippen molar-refractivity contribution in [3.63, 3.8) is 0 Å². The third-order valence-electron chi connectivity index (χ3n) is 5.43. The predicted octanol–water partition coefficient (Wildman–Crippen LogP) is -1.03. The van der Waals surface area contributed by atoms with Crippen LogP contribution in [-0.4, -0.2) is 88.3 Å². The molecule has 0 aromatic heterocycles. The number of amides is 3. The highest BCUT2D eigenvalue weighted by molar-refractivity contribution is 7.98. The summed E-state index contributed by atoms with van der Waals surface area (Å²) in [5, 5.41) is 39.0. The summed E-state index contributed by atoms with van der Waals surface area (Å²) in [5.41, 5.74) is 0.658. The number of carboxylic acids is 1. The summed E-state index contributed by atoms with van der Waals surface area (Å²) < 4.78 is 0. The summed E-state index contributed by atoms with van der Waals surface area (Å²) in [6.45, 7) is -0.0581. The molecular formula is C22H32N4O7S. The van der Waals surface area contributed by atoms with Crippen LogP contribution in [0.1, 0.15) is 24.8 Å². The molecule has 2 rings (SSSR count). The zero-order chi connectivity index (χ0) is 25.1. The third kappa shape index (κ3) is 8.50. The van der Waals surface area contributed by atoms with Gasteiger partial charge in [0.1, 0.15) is 23.9 Å². The molecule has 7 N–H and O–H groups in total. The second-order valence-corrected chi connectivity index (χ2v) is 8.99. The SMILES string of the molecule is CSCCC(NC(=O)C(CO)NC(=O)C(Cc1ccc(O)cc1)NC(=O)C1CCCN1)C(=O)O. The standard InChI is InChI=1S/C22H32N4O7S/c1-34-10-8-16(22(32)33)24-21(31)18(12-27)26-20(30)17(11-13-4-6-14(28)7-5-13)25-19(29)15-3-2-9-23-15/h4-7,15-18,23,27-28H,2-3,8-12H2,1H3,(H,24,31)(H,25,29)(H,26,30)(H,32,33). The Morgan fingerprint density at radius 2 is 1.71 bits per heavy atom. The summed E-state index contributed by atoms with van der Waals surface area (Å²) >= 11 is 1.43. The third-order valence-corrected chi connectivity index (χ3v) is 6.07. The summed E-state index contributed by atoms with van der Waals surface area (Å²) in [4.78, 5) is 49.6. The Balaban J connectivity index is 2.10. The van der Waals surface area contributed by atoms with Gasteiger partial charge in [-0.05, 0) is 55.5 Å². The van der Waals surface area contributed by atoms with Crippen LogP contribution in [0.2, 0.25) is 0 Å². The van der Waals surface area contributed by atoms with Crippen LogP contribution in [0.15, 0.2) is 24.3 Å². The first-order chi connectivity index (χ1) is 16.2. The molecule has 1 aromatic rings. The van der Waals surface area contributed by atoms with Crippen molar-refractivity contribution in [1.82, 2.24) is 21.3 Å². The van der Waals surface area contributed by atoms with Crippen molar-refractivity contribution >= 4 is 35.5 Å². The zero-order valence-electron chi connectivity index (χ0n) is 19.0. The lowest BCUT2D eigenvalue weighted by Gasteiger charge is -2.24. The van der Waals surface area contributed by atoms with E-state index in [2.05, 4.69) is 21.3 Å². The number of carbonyl (C=O) groups excluding carboxylic acids is 3. The second kappa shape index (κ2) is 13.8. The Bertz CT molecular complexity index is 846. The van der Waals surface area contributed by atoms with E-state index in [9.17, 15) is 34.5 Å². The molecule has 0 saturated carbocycles. The quantitative estimate of drug-likeness (QED) is 0.180. The van der Waals surface area contributed by atoms with Crippen molar-refractivity contribution < 1.29 is 34.5 Å². The van der Waals surface area contributed by atoms with E-state index in [1.807, 2.05) is 0 Å². The van der Waals surface area contributed by atoms with Gasteiger partial charge in [0.05, 0.1) is 12.6 Å². The Labute approximate surface area is 202 Å². The van der Waals surface area contributed by atoms with Crippen molar-refractivity contribution in [1.29, 1.82) is 0 Å². The zero-order valence-corrected chi connectivity index (χ0v) is 19.8. The number of phenols is 1. The average molecular weight is 497 g/mol. The minimum Gasteiger partial charge on any atom is -0.508 e. The topological polar surface area (TPSA) is 177 Å². The molecule has 1 fully saturated rings. The molecule has 11 nitrogen and oxygen atoms in total. The van der Waals surface area contributed by atoms with Crippen molar-refractivity contribution in [2.24, 2.45) is 0 Å². The fourth-order valence-electron chi connectivity index (χ4n) is 3.49. The summed E-state index contributed by atoms with van der Waals surface area (Å²) in [6, 6.07) is 2.07. The first-order valence-electron chi connectivity index (χ1n) is 11.0. The van der Waals surface area contributed by atoms with E-state index in [4.69, 9.17) is 0 Å². The number of phenolic OH excluding ortho intramolecular Hbond substituents is 1. The fraction of sp³-hybridized carbons (Fsp3) is 0.545. The number of hydrogen-bond donors (Lipinski definition) is 7. The van der Waals surface area contributed by atoms with Gasteiger partial charge < -0.3 is 36.6 Å². The monoisotopic (exact) mass is 496 g/mol. The van der Waals surface area contributed by atoms with Crippen LogP contribution in [0.4, 0.5) is 0 Å². The molecular weight excluding hydrogens is 464 g/mol. The second-order valence-electron chi connectivity index (χ2n) is 8.01. The number of aromatic hydroxyl groups is 1. The molecule has 4 atom stereocenters. The number of carbonyl (C=O) groups is 4. The molecule has 1 aliphatic heterocycles. The van der Waals surface area contributed by atoms with Gasteiger partial charge in [-0.15, -0.1) is 0 Å². The van der Waals surface area contributed by atoms with E-state index >= 15 is 0 Å². The van der Waals surface area contributed by atoms with Crippen LogP contribution >= 0.6 is 11.8 Å². The first-order valence-corrected chi connectivity index (χ1v) is 12.4. The predicted molar refractivity (Wildman–Crippen MR) is 126 cm³/mol. The minimum atomic E-state index is -1.40. The van der Waals surface area contributed by atoms with E-state index in [0.29, 0.717) is 24.3 Å². The lowest BCUT2D eigenvalue weighted by atomic mass is 10.0. The van der Waals surface area contributed by atoms with Crippen LogP contribution in [0.25, 0.3) is 0 Å². The van der Waals surface area contributed by atoms with Crippen molar-refractivity contribution in [3.05, 3.63) is 29.8 Å². The lowest BCUT2D eigenvalue weighted by molar-refractivity contribution is -0.142. The van der Waals surface area contributed by atoms with Gasteiger partial charge in [0.2, 0.25) is 17.7 Å². The molecule has 188 valence electrons. The highest BCUT2D eigenvalue weighted by Gasteiger charge is 2.31. The molecule has 0 radical (unpaired) electrons. The van der Waals surface area contributed by atoms with Gasteiger partial charge in [-0.1, -0.05) is 12.1 Å². The number of aliphatic carboxylic acids is 1. The number of hydrogen-bond acceptors (Lipinski definition) is 8. The number of nitrogens with one attached hydrogen (secondary N) is 4. The van der Waals surface area contributed by atoms with E-state index in [-0.39, 0.29) is 24.5 Å². The van der Waals surface area contributed by atoms with Gasteiger partial charge in [0, 0.05) is 6.42 Å². The number of benzene rings is 1. The Morgan fingerprint density at radius 1 is 1.06 bits per heavy atom. The van der Waals surface area contributed by atoms with Crippen molar-refractivity contribution in [3.8, 4) is 5.75 Å². The molecule has 12 heteroatoms. The fourth-order valence-corrected chi connectivity index (χ4v) is 3.96. The number of aliphatic hydroxyl groups is 1. The molecule has 0 aliphatic carbocycles. The number of thioether (sulfide) groups is 1. The van der Waals surface area contributed by atoms with Gasteiger partial charge in [-0.3, -0.25) is 14.4 Å². The van der Waals surface area contributed by atoms with Gasteiger partial charge in [-0.25, -0.2) is 4.79 Å². The maximum Gasteiger partial charge on any atom is 0.326 e. The van der Waals surface area contributed by atoms with Crippen molar-refractivity contribution in [2.75, 3.05) is 25.2 Å².